The molecule has 2 aromatic rings. The number of rotatable bonds is 2. The van der Waals surface area contributed by atoms with E-state index < -0.39 is 0 Å². The molecule has 5 heteroatoms. The Hall–Kier alpha value is -1.43. The third-order valence-electron chi connectivity index (χ3n) is 4.70. The summed E-state index contributed by atoms with van der Waals surface area (Å²) in [6.07, 6.45) is 1.87. The van der Waals surface area contributed by atoms with Gasteiger partial charge in [0.2, 0.25) is 0 Å². The van der Waals surface area contributed by atoms with Crippen molar-refractivity contribution in [3.63, 3.8) is 0 Å². The predicted molar refractivity (Wildman–Crippen MR) is 81.2 cm³/mol. The molecule has 112 valence electrons. The Morgan fingerprint density at radius 2 is 2.14 bits per heavy atom. The molecule has 0 aliphatic carbocycles. The van der Waals surface area contributed by atoms with Crippen LogP contribution in [0.5, 0.6) is 0 Å². The second-order valence-corrected chi connectivity index (χ2v) is 6.38. The van der Waals surface area contributed by atoms with Gasteiger partial charge in [0.1, 0.15) is 0 Å². The van der Waals surface area contributed by atoms with Gasteiger partial charge in [-0.25, -0.2) is 4.52 Å². The van der Waals surface area contributed by atoms with E-state index in [-0.39, 0.29) is 0 Å². The molecule has 4 heterocycles. The minimum absolute atomic E-state index is 0.509. The molecule has 0 unspecified atom stereocenters. The number of aromatic nitrogens is 2. The molecule has 0 N–H and O–H groups in total. The Kier molecular flexibility index (Phi) is 3.41. The Bertz CT molecular complexity index is 626. The number of pyridine rings is 1. The SMILES string of the molecule is CN1C[C@H]2COC[C@@H]1CN(Cc1cccc3ccnn13)C2. The standard InChI is InChI=1S/C16H22N4O/c1-18-7-13-8-19(10-16(18)12-21-11-13)9-15-4-2-3-14-5-6-17-20(14)15/h2-6,13,16H,7-12H2,1H3/t13-,16+/m1/s1. The van der Waals surface area contributed by atoms with Crippen LogP contribution in [0, 0.1) is 5.92 Å². The smallest absolute Gasteiger partial charge is 0.0665 e. The van der Waals surface area contributed by atoms with Gasteiger partial charge < -0.3 is 4.74 Å². The van der Waals surface area contributed by atoms with Gasteiger partial charge in [-0.3, -0.25) is 9.80 Å². The van der Waals surface area contributed by atoms with Crippen LogP contribution in [-0.4, -0.2) is 65.4 Å². The van der Waals surface area contributed by atoms with Crippen molar-refractivity contribution in [1.82, 2.24) is 19.4 Å². The minimum atomic E-state index is 0.509. The zero-order valence-corrected chi connectivity index (χ0v) is 12.5. The van der Waals surface area contributed by atoms with Crippen LogP contribution in [0.25, 0.3) is 5.52 Å². The molecule has 0 aromatic carbocycles. The third kappa shape index (κ3) is 2.57. The van der Waals surface area contributed by atoms with Gasteiger partial charge in [-0.05, 0) is 25.2 Å². The van der Waals surface area contributed by atoms with Crippen LogP contribution < -0.4 is 0 Å². The Labute approximate surface area is 125 Å². The molecule has 2 bridgehead atoms. The minimum Gasteiger partial charge on any atom is -0.379 e. The summed E-state index contributed by atoms with van der Waals surface area (Å²) in [5, 5.41) is 4.45. The van der Waals surface area contributed by atoms with E-state index in [0.29, 0.717) is 12.0 Å². The average molecular weight is 286 g/mol. The van der Waals surface area contributed by atoms with Gasteiger partial charge in [0.15, 0.2) is 0 Å². The van der Waals surface area contributed by atoms with Crippen molar-refractivity contribution < 1.29 is 4.74 Å². The fraction of sp³-hybridized carbons (Fsp3) is 0.562. The fourth-order valence-corrected chi connectivity index (χ4v) is 3.63. The van der Waals surface area contributed by atoms with Crippen molar-refractivity contribution in [3.8, 4) is 0 Å². The summed E-state index contributed by atoms with van der Waals surface area (Å²) in [6, 6.07) is 8.98. The molecular formula is C16H22N4O. The lowest BCUT2D eigenvalue weighted by Gasteiger charge is -2.29. The van der Waals surface area contributed by atoms with Crippen LogP contribution in [0.1, 0.15) is 5.69 Å². The van der Waals surface area contributed by atoms with Crippen LogP contribution in [0.3, 0.4) is 0 Å². The lowest BCUT2D eigenvalue weighted by atomic mass is 10.1. The maximum Gasteiger partial charge on any atom is 0.0665 e. The second-order valence-electron chi connectivity index (χ2n) is 6.38. The van der Waals surface area contributed by atoms with Gasteiger partial charge in [-0.15, -0.1) is 0 Å². The first-order valence-corrected chi connectivity index (χ1v) is 7.71. The molecule has 21 heavy (non-hydrogen) atoms. The summed E-state index contributed by atoms with van der Waals surface area (Å²) in [7, 11) is 2.23. The van der Waals surface area contributed by atoms with Crippen LogP contribution in [-0.2, 0) is 11.3 Å². The highest BCUT2D eigenvalue weighted by Crippen LogP contribution is 2.20. The third-order valence-corrected chi connectivity index (χ3v) is 4.70. The summed E-state index contributed by atoms with van der Waals surface area (Å²) in [5.41, 5.74) is 2.43. The summed E-state index contributed by atoms with van der Waals surface area (Å²) >= 11 is 0. The highest BCUT2D eigenvalue weighted by atomic mass is 16.5. The van der Waals surface area contributed by atoms with Crippen LogP contribution in [0.2, 0.25) is 0 Å². The molecule has 2 aromatic heterocycles. The van der Waals surface area contributed by atoms with E-state index in [1.54, 1.807) is 0 Å². The van der Waals surface area contributed by atoms with Gasteiger partial charge >= 0.3 is 0 Å². The molecule has 4 rings (SSSR count). The largest absolute Gasteiger partial charge is 0.379 e. The quantitative estimate of drug-likeness (QED) is 0.827. The molecule has 0 spiro atoms. The summed E-state index contributed by atoms with van der Waals surface area (Å²) in [4.78, 5) is 5.03. The average Bonchev–Trinajstić information content (AvgIpc) is 2.80. The molecule has 5 nitrogen and oxygen atoms in total. The van der Waals surface area contributed by atoms with Crippen LogP contribution in [0.15, 0.2) is 30.5 Å². The van der Waals surface area contributed by atoms with Crippen LogP contribution >= 0.6 is 0 Å². The summed E-state index contributed by atoms with van der Waals surface area (Å²) in [5.74, 6) is 0.610. The Balaban J connectivity index is 1.58. The molecule has 0 radical (unpaired) electrons. The van der Waals surface area contributed by atoms with Crippen molar-refractivity contribution in [1.29, 1.82) is 0 Å². The van der Waals surface area contributed by atoms with Gasteiger partial charge in [0.25, 0.3) is 0 Å². The Morgan fingerprint density at radius 3 is 3.10 bits per heavy atom. The van der Waals surface area contributed by atoms with Gasteiger partial charge in [-0.2, -0.15) is 5.10 Å². The van der Waals surface area contributed by atoms with Crippen molar-refractivity contribution >= 4 is 5.52 Å². The fourth-order valence-electron chi connectivity index (χ4n) is 3.63. The second kappa shape index (κ2) is 5.40. The van der Waals surface area contributed by atoms with E-state index in [1.165, 1.54) is 11.2 Å². The number of hydrogen-bond acceptors (Lipinski definition) is 4. The monoisotopic (exact) mass is 286 g/mol. The topological polar surface area (TPSA) is 33.0 Å². The lowest BCUT2D eigenvalue weighted by molar-refractivity contribution is 0.0511. The zero-order chi connectivity index (χ0) is 14.2. The first-order chi connectivity index (χ1) is 10.3. The van der Waals surface area contributed by atoms with Crippen molar-refractivity contribution in [2.24, 2.45) is 5.92 Å². The summed E-state index contributed by atoms with van der Waals surface area (Å²) in [6.45, 7) is 6.04. The molecule has 0 amide bonds. The number of nitrogens with zero attached hydrogens (tertiary/aromatic N) is 4. The maximum absolute atomic E-state index is 5.80. The van der Waals surface area contributed by atoms with Gasteiger partial charge in [0, 0.05) is 44.3 Å². The highest BCUT2D eigenvalue weighted by Gasteiger charge is 2.31. The molecule has 2 atom stereocenters. The van der Waals surface area contributed by atoms with Crippen molar-refractivity contribution in [3.05, 3.63) is 36.2 Å². The number of fused-ring (bicyclic) bond motifs is 4. The predicted octanol–water partition coefficient (Wildman–Crippen LogP) is 1.10. The van der Waals surface area contributed by atoms with E-state index in [9.17, 15) is 0 Å². The number of likely N-dealkylation sites (N-methyl/N-ethyl adjacent to an activating group) is 1. The summed E-state index contributed by atoms with van der Waals surface area (Å²) < 4.78 is 7.86. The molecular weight excluding hydrogens is 264 g/mol. The normalized spacial score (nSPS) is 27.9. The molecule has 2 fully saturated rings. The van der Waals surface area contributed by atoms with E-state index in [0.717, 1.165) is 39.4 Å². The van der Waals surface area contributed by atoms with Gasteiger partial charge in [-0.1, -0.05) is 6.07 Å². The van der Waals surface area contributed by atoms with Crippen LogP contribution in [0.4, 0.5) is 0 Å². The molecule has 2 aliphatic rings. The first kappa shape index (κ1) is 13.2. The number of hydrogen-bond donors (Lipinski definition) is 0. The zero-order valence-electron chi connectivity index (χ0n) is 12.5. The first-order valence-electron chi connectivity index (χ1n) is 7.71. The number of ether oxygens (including phenoxy) is 1. The van der Waals surface area contributed by atoms with Gasteiger partial charge in [0.05, 0.1) is 24.4 Å². The van der Waals surface area contributed by atoms with E-state index >= 15 is 0 Å². The van der Waals surface area contributed by atoms with E-state index in [1.807, 2.05) is 6.20 Å². The van der Waals surface area contributed by atoms with Crippen molar-refractivity contribution in [2.75, 3.05) is 39.9 Å². The van der Waals surface area contributed by atoms with Crippen molar-refractivity contribution in [2.45, 2.75) is 12.6 Å². The maximum atomic E-state index is 5.80. The lowest BCUT2D eigenvalue weighted by Crippen LogP contribution is -2.42. The molecule has 0 saturated carbocycles. The molecule has 2 aliphatic heterocycles. The molecule has 2 saturated heterocycles. The van der Waals surface area contributed by atoms with E-state index in [4.69, 9.17) is 4.74 Å². The highest BCUT2D eigenvalue weighted by molar-refractivity contribution is 5.46. The Morgan fingerprint density at radius 1 is 1.19 bits per heavy atom. The van der Waals surface area contributed by atoms with E-state index in [2.05, 4.69) is 50.7 Å².